The van der Waals surface area contributed by atoms with Gasteiger partial charge in [0.2, 0.25) is 0 Å². The van der Waals surface area contributed by atoms with Crippen molar-refractivity contribution in [1.29, 1.82) is 0 Å². The standard InChI is InChI=1S/C18H24N2/c1-14-7-6-9-16(11-14)12-20(3)13-18(19)17-10-5-4-8-15(17)2/h4-11,18H,12-13,19H2,1-3H3. The molecule has 0 spiro atoms. The summed E-state index contributed by atoms with van der Waals surface area (Å²) in [5.74, 6) is 0. The maximum atomic E-state index is 6.34. The first-order valence-corrected chi connectivity index (χ1v) is 7.11. The Balaban J connectivity index is 1.98. The van der Waals surface area contributed by atoms with Crippen LogP contribution in [0.5, 0.6) is 0 Å². The second-order valence-electron chi connectivity index (χ2n) is 5.65. The molecular weight excluding hydrogens is 244 g/mol. The highest BCUT2D eigenvalue weighted by Crippen LogP contribution is 2.17. The van der Waals surface area contributed by atoms with Gasteiger partial charge in [0.1, 0.15) is 0 Å². The summed E-state index contributed by atoms with van der Waals surface area (Å²) in [6.07, 6.45) is 0. The predicted octanol–water partition coefficient (Wildman–Crippen LogP) is 3.44. The zero-order valence-corrected chi connectivity index (χ0v) is 12.6. The van der Waals surface area contributed by atoms with Crippen LogP contribution in [0.1, 0.15) is 28.3 Å². The highest BCUT2D eigenvalue weighted by molar-refractivity contribution is 5.28. The molecule has 0 bridgehead atoms. The normalized spacial score (nSPS) is 12.7. The van der Waals surface area contributed by atoms with Crippen molar-refractivity contribution in [1.82, 2.24) is 4.90 Å². The summed E-state index contributed by atoms with van der Waals surface area (Å²) in [4.78, 5) is 2.28. The molecule has 0 radical (unpaired) electrons. The number of benzene rings is 2. The van der Waals surface area contributed by atoms with Gasteiger partial charge in [-0.15, -0.1) is 0 Å². The molecule has 0 saturated carbocycles. The molecule has 0 aliphatic carbocycles. The number of rotatable bonds is 5. The Bertz CT molecular complexity index is 563. The van der Waals surface area contributed by atoms with Crippen LogP contribution in [0.4, 0.5) is 0 Å². The maximum absolute atomic E-state index is 6.34. The Kier molecular flexibility index (Phi) is 4.94. The monoisotopic (exact) mass is 268 g/mol. The fourth-order valence-corrected chi connectivity index (χ4v) is 2.62. The number of hydrogen-bond acceptors (Lipinski definition) is 2. The first kappa shape index (κ1) is 14.8. The van der Waals surface area contributed by atoms with Gasteiger partial charge in [0.15, 0.2) is 0 Å². The Morgan fingerprint density at radius 2 is 1.80 bits per heavy atom. The average molecular weight is 268 g/mol. The molecule has 106 valence electrons. The van der Waals surface area contributed by atoms with Crippen molar-refractivity contribution in [3.8, 4) is 0 Å². The number of nitrogens with zero attached hydrogens (tertiary/aromatic N) is 1. The SMILES string of the molecule is Cc1cccc(CN(C)CC(N)c2ccccc2C)c1. The molecule has 20 heavy (non-hydrogen) atoms. The van der Waals surface area contributed by atoms with Gasteiger partial charge in [-0.2, -0.15) is 0 Å². The fraction of sp³-hybridized carbons (Fsp3) is 0.333. The molecule has 2 aromatic carbocycles. The minimum absolute atomic E-state index is 0.0611. The van der Waals surface area contributed by atoms with Crippen LogP contribution in [0.15, 0.2) is 48.5 Å². The largest absolute Gasteiger partial charge is 0.323 e. The number of nitrogens with two attached hydrogens (primary N) is 1. The van der Waals surface area contributed by atoms with E-state index < -0.39 is 0 Å². The summed E-state index contributed by atoms with van der Waals surface area (Å²) in [5, 5.41) is 0. The third-order valence-electron chi connectivity index (χ3n) is 3.63. The zero-order chi connectivity index (χ0) is 14.5. The fourth-order valence-electron chi connectivity index (χ4n) is 2.62. The highest BCUT2D eigenvalue weighted by atomic mass is 15.1. The molecule has 1 atom stereocenters. The number of likely N-dealkylation sites (N-methyl/N-ethyl adjacent to an activating group) is 1. The molecule has 2 rings (SSSR count). The lowest BCUT2D eigenvalue weighted by molar-refractivity contribution is 0.305. The van der Waals surface area contributed by atoms with E-state index >= 15 is 0 Å². The lowest BCUT2D eigenvalue weighted by atomic mass is 10.0. The van der Waals surface area contributed by atoms with E-state index in [1.807, 2.05) is 0 Å². The van der Waals surface area contributed by atoms with Crippen molar-refractivity contribution in [2.24, 2.45) is 5.73 Å². The average Bonchev–Trinajstić information content (AvgIpc) is 2.38. The second-order valence-corrected chi connectivity index (χ2v) is 5.65. The van der Waals surface area contributed by atoms with Crippen molar-refractivity contribution >= 4 is 0 Å². The molecule has 2 heteroatoms. The molecule has 0 aliphatic rings. The molecule has 0 amide bonds. The summed E-state index contributed by atoms with van der Waals surface area (Å²) in [5.41, 5.74) is 11.5. The first-order valence-electron chi connectivity index (χ1n) is 7.11. The van der Waals surface area contributed by atoms with E-state index in [4.69, 9.17) is 5.73 Å². The second kappa shape index (κ2) is 6.69. The van der Waals surface area contributed by atoms with Gasteiger partial charge in [-0.05, 0) is 37.6 Å². The molecule has 1 unspecified atom stereocenters. The van der Waals surface area contributed by atoms with E-state index in [1.54, 1.807) is 0 Å². The molecule has 2 N–H and O–H groups in total. The first-order chi connectivity index (χ1) is 9.56. The van der Waals surface area contributed by atoms with Crippen LogP contribution in [0, 0.1) is 13.8 Å². The molecule has 0 fully saturated rings. The van der Waals surface area contributed by atoms with Crippen molar-refractivity contribution in [2.45, 2.75) is 26.4 Å². The molecule has 0 heterocycles. The van der Waals surface area contributed by atoms with Gasteiger partial charge in [-0.25, -0.2) is 0 Å². The maximum Gasteiger partial charge on any atom is 0.0426 e. The smallest absolute Gasteiger partial charge is 0.0426 e. The van der Waals surface area contributed by atoms with Gasteiger partial charge in [0.25, 0.3) is 0 Å². The van der Waals surface area contributed by atoms with Gasteiger partial charge in [0.05, 0.1) is 0 Å². The summed E-state index contributed by atoms with van der Waals surface area (Å²) in [7, 11) is 2.13. The summed E-state index contributed by atoms with van der Waals surface area (Å²) in [6, 6.07) is 17.1. The van der Waals surface area contributed by atoms with Crippen LogP contribution in [-0.2, 0) is 6.54 Å². The third-order valence-corrected chi connectivity index (χ3v) is 3.63. The van der Waals surface area contributed by atoms with E-state index in [0.29, 0.717) is 0 Å². The molecule has 0 saturated heterocycles. The van der Waals surface area contributed by atoms with Crippen LogP contribution < -0.4 is 5.73 Å². The van der Waals surface area contributed by atoms with Crippen molar-refractivity contribution in [3.63, 3.8) is 0 Å². The Morgan fingerprint density at radius 3 is 2.50 bits per heavy atom. The predicted molar refractivity (Wildman–Crippen MR) is 85.6 cm³/mol. The van der Waals surface area contributed by atoms with Crippen molar-refractivity contribution in [3.05, 3.63) is 70.8 Å². The summed E-state index contributed by atoms with van der Waals surface area (Å²) < 4.78 is 0. The molecule has 2 nitrogen and oxygen atoms in total. The summed E-state index contributed by atoms with van der Waals surface area (Å²) >= 11 is 0. The van der Waals surface area contributed by atoms with Gasteiger partial charge in [-0.3, -0.25) is 0 Å². The van der Waals surface area contributed by atoms with E-state index in [9.17, 15) is 0 Å². The van der Waals surface area contributed by atoms with E-state index in [-0.39, 0.29) is 6.04 Å². The minimum Gasteiger partial charge on any atom is -0.323 e. The van der Waals surface area contributed by atoms with Crippen molar-refractivity contribution < 1.29 is 0 Å². The Hall–Kier alpha value is -1.64. The lowest BCUT2D eigenvalue weighted by Gasteiger charge is -2.23. The van der Waals surface area contributed by atoms with Gasteiger partial charge < -0.3 is 10.6 Å². The van der Waals surface area contributed by atoms with E-state index in [0.717, 1.165) is 13.1 Å². The van der Waals surface area contributed by atoms with Crippen LogP contribution >= 0.6 is 0 Å². The topological polar surface area (TPSA) is 29.3 Å². The summed E-state index contributed by atoms with van der Waals surface area (Å²) in [6.45, 7) is 6.04. The molecule has 2 aromatic rings. The molecular formula is C18H24N2. The van der Waals surface area contributed by atoms with Crippen LogP contribution in [0.25, 0.3) is 0 Å². The zero-order valence-electron chi connectivity index (χ0n) is 12.6. The number of aryl methyl sites for hydroxylation is 2. The van der Waals surface area contributed by atoms with Crippen LogP contribution in [-0.4, -0.2) is 18.5 Å². The van der Waals surface area contributed by atoms with Gasteiger partial charge >= 0.3 is 0 Å². The van der Waals surface area contributed by atoms with Crippen molar-refractivity contribution in [2.75, 3.05) is 13.6 Å². The van der Waals surface area contributed by atoms with Crippen LogP contribution in [0.3, 0.4) is 0 Å². The minimum atomic E-state index is 0.0611. The Morgan fingerprint density at radius 1 is 1.05 bits per heavy atom. The van der Waals surface area contributed by atoms with E-state index in [1.165, 1.54) is 22.3 Å². The molecule has 0 aromatic heterocycles. The quantitative estimate of drug-likeness (QED) is 0.900. The third kappa shape index (κ3) is 3.92. The van der Waals surface area contributed by atoms with E-state index in [2.05, 4.69) is 74.3 Å². The molecule has 0 aliphatic heterocycles. The highest BCUT2D eigenvalue weighted by Gasteiger charge is 2.11. The van der Waals surface area contributed by atoms with Gasteiger partial charge in [0, 0.05) is 19.1 Å². The van der Waals surface area contributed by atoms with Gasteiger partial charge in [-0.1, -0.05) is 54.1 Å². The number of hydrogen-bond donors (Lipinski definition) is 1. The van der Waals surface area contributed by atoms with Crippen LogP contribution in [0.2, 0.25) is 0 Å². The lowest BCUT2D eigenvalue weighted by Crippen LogP contribution is -2.29. The Labute approximate surface area is 122 Å².